The molecule has 3 aromatic rings. The molecule has 2 aromatic carbocycles. The largest absolute Gasteiger partial charge is 0.396 e. The van der Waals surface area contributed by atoms with E-state index in [4.69, 9.17) is 11.6 Å². The lowest BCUT2D eigenvalue weighted by Crippen LogP contribution is -2.37. The van der Waals surface area contributed by atoms with Gasteiger partial charge in [-0.05, 0) is 55.7 Å². The second-order valence-electron chi connectivity index (χ2n) is 7.50. The topological polar surface area (TPSA) is 84.2 Å². The molecule has 1 heterocycles. The van der Waals surface area contributed by atoms with Gasteiger partial charge in [0, 0.05) is 48.5 Å². The van der Waals surface area contributed by atoms with Gasteiger partial charge >= 0.3 is 0 Å². The molecule has 2 N–H and O–H groups in total. The maximum Gasteiger partial charge on any atom is 0.251 e. The van der Waals surface area contributed by atoms with Gasteiger partial charge in [-0.25, -0.2) is 9.37 Å². The number of ketones is 1. The van der Waals surface area contributed by atoms with E-state index in [0.29, 0.717) is 46.8 Å². The minimum atomic E-state index is -0.470. The highest BCUT2D eigenvalue weighted by Crippen LogP contribution is 2.24. The Labute approximate surface area is 191 Å². The van der Waals surface area contributed by atoms with E-state index in [0.717, 1.165) is 0 Å². The van der Waals surface area contributed by atoms with Crippen molar-refractivity contribution >= 4 is 23.3 Å². The summed E-state index contributed by atoms with van der Waals surface area (Å²) >= 11 is 5.95. The molecule has 168 valence electrons. The predicted octanol–water partition coefficient (Wildman–Crippen LogP) is 4.29. The van der Waals surface area contributed by atoms with Crippen molar-refractivity contribution in [2.24, 2.45) is 0 Å². The van der Waals surface area contributed by atoms with Crippen LogP contribution in [0.3, 0.4) is 0 Å². The Morgan fingerprint density at radius 3 is 2.62 bits per heavy atom. The first-order valence-corrected chi connectivity index (χ1v) is 10.7. The number of hydrogen-bond acceptors (Lipinski definition) is 4. The second kappa shape index (κ2) is 10.5. The Hall–Kier alpha value is -3.03. The molecule has 0 saturated carbocycles. The second-order valence-corrected chi connectivity index (χ2v) is 7.94. The van der Waals surface area contributed by atoms with Crippen molar-refractivity contribution < 1.29 is 19.1 Å². The van der Waals surface area contributed by atoms with Gasteiger partial charge in [-0.2, -0.15) is 0 Å². The first-order valence-electron chi connectivity index (χ1n) is 10.4. The lowest BCUT2D eigenvalue weighted by Gasteiger charge is -2.18. The van der Waals surface area contributed by atoms with Crippen molar-refractivity contribution in [1.82, 2.24) is 14.9 Å². The molecule has 0 fully saturated rings. The highest BCUT2D eigenvalue weighted by Gasteiger charge is 2.18. The van der Waals surface area contributed by atoms with Gasteiger partial charge in [0.15, 0.2) is 11.6 Å². The van der Waals surface area contributed by atoms with E-state index in [9.17, 15) is 19.1 Å². The normalized spacial score (nSPS) is 11.9. The third kappa shape index (κ3) is 5.60. The number of aryl methyl sites for hydroxylation is 1. The molecular formula is C24H25ClFN3O3. The standard InChI is InChI=1S/C24H25ClFN3O3/c1-3-29-14-22(28-23(29)15(2)31)20-8-7-16(12-21(20)26)11-19(9-10-30)27-24(32)17-5-4-6-18(25)13-17/h4-8,12-14,19,30H,3,9-11H2,1-2H3,(H,27,32)/t19-/m1/s1. The van der Waals surface area contributed by atoms with Crippen molar-refractivity contribution in [1.29, 1.82) is 0 Å². The minimum Gasteiger partial charge on any atom is -0.396 e. The molecule has 3 rings (SSSR count). The monoisotopic (exact) mass is 457 g/mol. The maximum atomic E-state index is 14.9. The number of nitrogens with one attached hydrogen (secondary N) is 1. The maximum absolute atomic E-state index is 14.9. The number of carbonyl (C=O) groups excluding carboxylic acids is 2. The third-order valence-corrected chi connectivity index (χ3v) is 5.36. The molecular weight excluding hydrogens is 433 g/mol. The zero-order valence-electron chi connectivity index (χ0n) is 17.9. The first kappa shape index (κ1) is 23.6. The number of aliphatic hydroxyl groups is 1. The van der Waals surface area contributed by atoms with Gasteiger partial charge in [0.1, 0.15) is 5.82 Å². The van der Waals surface area contributed by atoms with Crippen LogP contribution in [0, 0.1) is 5.82 Å². The van der Waals surface area contributed by atoms with Crippen molar-refractivity contribution in [2.45, 2.75) is 39.3 Å². The van der Waals surface area contributed by atoms with Crippen LogP contribution in [0.1, 0.15) is 46.8 Å². The van der Waals surface area contributed by atoms with E-state index in [1.54, 1.807) is 47.2 Å². The summed E-state index contributed by atoms with van der Waals surface area (Å²) in [4.78, 5) is 28.6. The van der Waals surface area contributed by atoms with Gasteiger partial charge in [0.2, 0.25) is 0 Å². The number of carbonyl (C=O) groups is 2. The van der Waals surface area contributed by atoms with Gasteiger partial charge < -0.3 is 15.0 Å². The van der Waals surface area contributed by atoms with Crippen LogP contribution in [0.4, 0.5) is 4.39 Å². The quantitative estimate of drug-likeness (QED) is 0.469. The number of benzene rings is 2. The number of aromatic nitrogens is 2. The predicted molar refractivity (Wildman–Crippen MR) is 121 cm³/mol. The lowest BCUT2D eigenvalue weighted by atomic mass is 10.0. The smallest absolute Gasteiger partial charge is 0.251 e. The molecule has 8 heteroatoms. The van der Waals surface area contributed by atoms with Crippen LogP contribution in [0.2, 0.25) is 5.02 Å². The fraction of sp³-hybridized carbons (Fsp3) is 0.292. The summed E-state index contributed by atoms with van der Waals surface area (Å²) in [5, 5.41) is 12.7. The van der Waals surface area contributed by atoms with Crippen LogP contribution in [0.25, 0.3) is 11.3 Å². The van der Waals surface area contributed by atoms with E-state index >= 15 is 0 Å². The number of halogens is 2. The number of rotatable bonds is 9. The van der Waals surface area contributed by atoms with Crippen molar-refractivity contribution in [3.63, 3.8) is 0 Å². The van der Waals surface area contributed by atoms with Crippen LogP contribution in [0.15, 0.2) is 48.7 Å². The lowest BCUT2D eigenvalue weighted by molar-refractivity contribution is 0.0929. The summed E-state index contributed by atoms with van der Waals surface area (Å²) in [6.07, 6.45) is 2.32. The van der Waals surface area contributed by atoms with E-state index < -0.39 is 5.82 Å². The summed E-state index contributed by atoms with van der Waals surface area (Å²) < 4.78 is 16.6. The number of Topliss-reactive ketones (excluding diaryl/α,β-unsaturated/α-hetero) is 1. The fourth-order valence-corrected chi connectivity index (χ4v) is 3.72. The van der Waals surface area contributed by atoms with E-state index in [1.165, 1.54) is 13.0 Å². The van der Waals surface area contributed by atoms with Crippen LogP contribution in [0.5, 0.6) is 0 Å². The molecule has 32 heavy (non-hydrogen) atoms. The van der Waals surface area contributed by atoms with Gasteiger partial charge in [0.25, 0.3) is 5.91 Å². The molecule has 0 bridgehead atoms. The number of amides is 1. The molecule has 0 aliphatic rings. The van der Waals surface area contributed by atoms with Gasteiger partial charge in [-0.3, -0.25) is 9.59 Å². The molecule has 0 aliphatic carbocycles. The van der Waals surface area contributed by atoms with Crippen LogP contribution in [-0.4, -0.2) is 39.0 Å². The van der Waals surface area contributed by atoms with Crippen LogP contribution < -0.4 is 5.32 Å². The average Bonchev–Trinajstić information content (AvgIpc) is 3.18. The molecule has 0 radical (unpaired) electrons. The molecule has 6 nitrogen and oxygen atoms in total. The Kier molecular flexibility index (Phi) is 7.77. The van der Waals surface area contributed by atoms with E-state index in [2.05, 4.69) is 10.3 Å². The Morgan fingerprint density at radius 2 is 2.03 bits per heavy atom. The SMILES string of the molecule is CCn1cc(-c2ccc(C[C@@H](CCO)NC(=O)c3cccc(Cl)c3)cc2F)nc1C(C)=O. The molecule has 0 saturated heterocycles. The number of nitrogens with zero attached hydrogens (tertiary/aromatic N) is 2. The summed E-state index contributed by atoms with van der Waals surface area (Å²) in [5.41, 5.74) is 1.76. The molecule has 0 aliphatic heterocycles. The number of aliphatic hydroxyl groups excluding tert-OH is 1. The summed E-state index contributed by atoms with van der Waals surface area (Å²) in [5.74, 6) is -0.678. The zero-order valence-corrected chi connectivity index (χ0v) is 18.7. The first-order chi connectivity index (χ1) is 15.3. The summed E-state index contributed by atoms with van der Waals surface area (Å²) in [7, 11) is 0. The van der Waals surface area contributed by atoms with Crippen molar-refractivity contribution in [2.75, 3.05) is 6.61 Å². The molecule has 1 amide bonds. The molecule has 1 atom stereocenters. The third-order valence-electron chi connectivity index (χ3n) is 5.12. The van der Waals surface area contributed by atoms with Crippen molar-refractivity contribution in [3.8, 4) is 11.3 Å². The van der Waals surface area contributed by atoms with E-state index in [1.807, 2.05) is 6.92 Å². The molecule has 0 spiro atoms. The summed E-state index contributed by atoms with van der Waals surface area (Å²) in [6.45, 7) is 3.74. The fourth-order valence-electron chi connectivity index (χ4n) is 3.53. The zero-order chi connectivity index (χ0) is 23.3. The van der Waals surface area contributed by atoms with Gasteiger partial charge in [-0.1, -0.05) is 23.7 Å². The van der Waals surface area contributed by atoms with E-state index in [-0.39, 0.29) is 30.2 Å². The van der Waals surface area contributed by atoms with Gasteiger partial charge in [-0.15, -0.1) is 0 Å². The molecule has 0 unspecified atom stereocenters. The Morgan fingerprint density at radius 1 is 1.25 bits per heavy atom. The highest BCUT2D eigenvalue weighted by atomic mass is 35.5. The highest BCUT2D eigenvalue weighted by molar-refractivity contribution is 6.30. The number of hydrogen-bond donors (Lipinski definition) is 2. The van der Waals surface area contributed by atoms with Gasteiger partial charge in [0.05, 0.1) is 5.69 Å². The minimum absolute atomic E-state index is 0.122. The summed E-state index contributed by atoms with van der Waals surface area (Å²) in [6, 6.07) is 10.9. The van der Waals surface area contributed by atoms with Crippen LogP contribution in [-0.2, 0) is 13.0 Å². The average molecular weight is 458 g/mol. The Bertz CT molecular complexity index is 1130. The number of imidazole rings is 1. The molecule has 1 aromatic heterocycles. The van der Waals surface area contributed by atoms with Crippen molar-refractivity contribution in [3.05, 3.63) is 76.5 Å². The van der Waals surface area contributed by atoms with Crippen LogP contribution >= 0.6 is 11.6 Å². The Balaban J connectivity index is 1.78.